The number of ether oxygens (including phenoxy) is 2. The summed E-state index contributed by atoms with van der Waals surface area (Å²) in [5.41, 5.74) is 7.20. The third-order valence-corrected chi connectivity index (χ3v) is 3.50. The van der Waals surface area contributed by atoms with Gasteiger partial charge >= 0.3 is 5.97 Å². The molecule has 0 aliphatic rings. The highest BCUT2D eigenvalue weighted by atomic mass is 32.1. The first kappa shape index (κ1) is 15.3. The molecule has 0 bridgehead atoms. The van der Waals surface area contributed by atoms with E-state index in [4.69, 9.17) is 15.2 Å². The second kappa shape index (κ2) is 5.73. The van der Waals surface area contributed by atoms with Crippen molar-refractivity contribution in [2.75, 3.05) is 12.8 Å². The number of esters is 1. The maximum Gasteiger partial charge on any atom is 0.352 e. The smallest absolute Gasteiger partial charge is 0.352 e. The molecule has 1 aromatic heterocycles. The number of carbonyl (C=O) groups is 1. The van der Waals surface area contributed by atoms with Crippen LogP contribution in [0.2, 0.25) is 0 Å². The Bertz CT molecular complexity index is 659. The molecule has 21 heavy (non-hydrogen) atoms. The van der Waals surface area contributed by atoms with Gasteiger partial charge in [0.15, 0.2) is 4.88 Å². The van der Waals surface area contributed by atoms with Crippen LogP contribution in [-0.4, -0.2) is 23.1 Å². The minimum atomic E-state index is -0.566. The molecule has 0 amide bonds. The van der Waals surface area contributed by atoms with Gasteiger partial charge in [-0.3, -0.25) is 0 Å². The molecule has 0 aliphatic heterocycles. The van der Waals surface area contributed by atoms with Gasteiger partial charge in [0.2, 0.25) is 0 Å². The van der Waals surface area contributed by atoms with Crippen molar-refractivity contribution in [2.24, 2.45) is 0 Å². The number of nitrogen functional groups attached to an aromatic ring is 1. The van der Waals surface area contributed by atoms with Gasteiger partial charge in [0.25, 0.3) is 0 Å². The molecule has 0 saturated heterocycles. The summed E-state index contributed by atoms with van der Waals surface area (Å²) < 4.78 is 14.8. The standard InChI is InChI=1S/C15H18N2O3S/c1-15(2,3)20-14(18)13-11(16)12(17-21-13)9-6-5-7-10(8-9)19-4/h5-8H,16H2,1-4H3. The van der Waals surface area contributed by atoms with Gasteiger partial charge in [0.05, 0.1) is 12.8 Å². The van der Waals surface area contributed by atoms with Crippen LogP contribution in [0.5, 0.6) is 5.75 Å². The van der Waals surface area contributed by atoms with E-state index in [0.29, 0.717) is 22.0 Å². The average Bonchev–Trinajstić information content (AvgIpc) is 2.79. The molecule has 2 N–H and O–H groups in total. The number of hydrogen-bond acceptors (Lipinski definition) is 6. The number of aromatic nitrogens is 1. The molecule has 1 aromatic carbocycles. The molecule has 6 heteroatoms. The van der Waals surface area contributed by atoms with E-state index in [-0.39, 0.29) is 0 Å². The van der Waals surface area contributed by atoms with Crippen LogP contribution in [0, 0.1) is 0 Å². The van der Waals surface area contributed by atoms with E-state index < -0.39 is 11.6 Å². The van der Waals surface area contributed by atoms with E-state index >= 15 is 0 Å². The highest BCUT2D eigenvalue weighted by Gasteiger charge is 2.24. The molecule has 2 rings (SSSR count). The summed E-state index contributed by atoms with van der Waals surface area (Å²) in [5, 5.41) is 0. The number of benzene rings is 1. The van der Waals surface area contributed by atoms with E-state index in [9.17, 15) is 4.79 Å². The summed E-state index contributed by atoms with van der Waals surface area (Å²) in [4.78, 5) is 12.4. The van der Waals surface area contributed by atoms with Crippen LogP contribution in [-0.2, 0) is 4.74 Å². The van der Waals surface area contributed by atoms with Gasteiger partial charge in [-0.25, -0.2) is 4.79 Å². The largest absolute Gasteiger partial charge is 0.497 e. The van der Waals surface area contributed by atoms with Crippen LogP contribution in [0.3, 0.4) is 0 Å². The zero-order valence-corrected chi connectivity index (χ0v) is 13.3. The normalized spacial score (nSPS) is 11.2. The highest BCUT2D eigenvalue weighted by Crippen LogP contribution is 2.33. The number of nitrogens with two attached hydrogens (primary N) is 1. The molecular formula is C15H18N2O3S. The molecule has 0 atom stereocenters. The van der Waals surface area contributed by atoms with E-state index in [1.165, 1.54) is 0 Å². The van der Waals surface area contributed by atoms with Gasteiger partial charge in [-0.2, -0.15) is 4.37 Å². The Balaban J connectivity index is 2.34. The zero-order valence-electron chi connectivity index (χ0n) is 12.5. The molecule has 0 aliphatic carbocycles. The molecule has 0 radical (unpaired) electrons. The number of methoxy groups -OCH3 is 1. The van der Waals surface area contributed by atoms with Gasteiger partial charge < -0.3 is 15.2 Å². The molecule has 5 nitrogen and oxygen atoms in total. The van der Waals surface area contributed by atoms with E-state index in [1.807, 2.05) is 45.0 Å². The van der Waals surface area contributed by atoms with E-state index in [2.05, 4.69) is 4.37 Å². The summed E-state index contributed by atoms with van der Waals surface area (Å²) in [7, 11) is 1.59. The minimum absolute atomic E-state index is 0.322. The van der Waals surface area contributed by atoms with Gasteiger partial charge in [-0.15, -0.1) is 0 Å². The lowest BCUT2D eigenvalue weighted by Gasteiger charge is -2.18. The SMILES string of the molecule is COc1cccc(-c2nsc(C(=O)OC(C)(C)C)c2N)c1. The van der Waals surface area contributed by atoms with Gasteiger partial charge in [0, 0.05) is 5.56 Å². The van der Waals surface area contributed by atoms with Crippen molar-refractivity contribution in [3.05, 3.63) is 29.1 Å². The number of hydrogen-bond donors (Lipinski definition) is 1. The van der Waals surface area contributed by atoms with Gasteiger partial charge in [-0.05, 0) is 44.4 Å². The van der Waals surface area contributed by atoms with Crippen LogP contribution in [0.4, 0.5) is 5.69 Å². The lowest BCUT2D eigenvalue weighted by Crippen LogP contribution is -2.23. The van der Waals surface area contributed by atoms with Crippen LogP contribution in [0.1, 0.15) is 30.4 Å². The van der Waals surface area contributed by atoms with Crippen molar-refractivity contribution in [2.45, 2.75) is 26.4 Å². The summed E-state index contributed by atoms with van der Waals surface area (Å²) in [6, 6.07) is 7.37. The van der Waals surface area contributed by atoms with Crippen molar-refractivity contribution in [1.82, 2.24) is 4.37 Å². The fourth-order valence-electron chi connectivity index (χ4n) is 1.75. The molecule has 2 aromatic rings. The van der Waals surface area contributed by atoms with Crippen molar-refractivity contribution in [3.8, 4) is 17.0 Å². The average molecular weight is 306 g/mol. The van der Waals surface area contributed by atoms with Crippen molar-refractivity contribution < 1.29 is 14.3 Å². The molecule has 0 unspecified atom stereocenters. The Kier molecular flexibility index (Phi) is 4.18. The highest BCUT2D eigenvalue weighted by molar-refractivity contribution is 7.09. The number of nitrogens with zero attached hydrogens (tertiary/aromatic N) is 1. The fourth-order valence-corrected chi connectivity index (χ4v) is 2.44. The van der Waals surface area contributed by atoms with E-state index in [0.717, 1.165) is 17.1 Å². The molecule has 0 fully saturated rings. The Labute approximate surface area is 127 Å². The molecule has 0 spiro atoms. The first-order valence-corrected chi connectivity index (χ1v) is 7.22. The third-order valence-electron chi connectivity index (χ3n) is 2.66. The quantitative estimate of drug-likeness (QED) is 0.880. The monoisotopic (exact) mass is 306 g/mol. The lowest BCUT2D eigenvalue weighted by atomic mass is 10.1. The molecule has 0 saturated carbocycles. The minimum Gasteiger partial charge on any atom is -0.497 e. The second-order valence-electron chi connectivity index (χ2n) is 5.51. The van der Waals surface area contributed by atoms with Crippen molar-refractivity contribution in [1.29, 1.82) is 0 Å². The van der Waals surface area contributed by atoms with Crippen LogP contribution < -0.4 is 10.5 Å². The third kappa shape index (κ3) is 3.52. The summed E-state index contributed by atoms with van der Waals surface area (Å²) in [6.07, 6.45) is 0. The zero-order chi connectivity index (χ0) is 15.6. The topological polar surface area (TPSA) is 74.4 Å². The summed E-state index contributed by atoms with van der Waals surface area (Å²) in [5.74, 6) is 0.255. The maximum atomic E-state index is 12.1. The number of rotatable bonds is 3. The first-order chi connectivity index (χ1) is 9.81. The first-order valence-electron chi connectivity index (χ1n) is 6.45. The lowest BCUT2D eigenvalue weighted by molar-refractivity contribution is 0.00764. The molecule has 112 valence electrons. The Morgan fingerprint density at radius 3 is 2.67 bits per heavy atom. The predicted molar refractivity (Wildman–Crippen MR) is 83.7 cm³/mol. The Hall–Kier alpha value is -2.08. The fraction of sp³-hybridized carbons (Fsp3) is 0.333. The Morgan fingerprint density at radius 2 is 2.05 bits per heavy atom. The number of anilines is 1. The second-order valence-corrected chi connectivity index (χ2v) is 6.28. The van der Waals surface area contributed by atoms with Gasteiger partial charge in [-0.1, -0.05) is 12.1 Å². The van der Waals surface area contributed by atoms with Crippen molar-refractivity contribution in [3.63, 3.8) is 0 Å². The summed E-state index contributed by atoms with van der Waals surface area (Å²) >= 11 is 1.04. The molecule has 1 heterocycles. The Morgan fingerprint density at radius 1 is 1.33 bits per heavy atom. The van der Waals surface area contributed by atoms with Crippen LogP contribution in [0.15, 0.2) is 24.3 Å². The summed E-state index contributed by atoms with van der Waals surface area (Å²) in [6.45, 7) is 5.43. The number of carbonyl (C=O) groups excluding carboxylic acids is 1. The van der Waals surface area contributed by atoms with Crippen LogP contribution >= 0.6 is 11.5 Å². The van der Waals surface area contributed by atoms with Crippen molar-refractivity contribution >= 4 is 23.2 Å². The molecular weight excluding hydrogens is 288 g/mol. The van der Waals surface area contributed by atoms with Crippen LogP contribution in [0.25, 0.3) is 11.3 Å². The maximum absolute atomic E-state index is 12.1. The predicted octanol–water partition coefficient (Wildman–Crippen LogP) is 3.36. The van der Waals surface area contributed by atoms with E-state index in [1.54, 1.807) is 7.11 Å². The van der Waals surface area contributed by atoms with Gasteiger partial charge in [0.1, 0.15) is 17.0 Å².